The van der Waals surface area contributed by atoms with Gasteiger partial charge in [0.25, 0.3) is 0 Å². The van der Waals surface area contributed by atoms with Crippen molar-refractivity contribution >= 4 is 21.7 Å². The van der Waals surface area contributed by atoms with Gasteiger partial charge in [-0.15, -0.1) is 0 Å². The molecular weight excluding hydrogens is 406 g/mol. The van der Waals surface area contributed by atoms with Gasteiger partial charge in [-0.1, -0.05) is 6.92 Å². The lowest BCUT2D eigenvalue weighted by molar-refractivity contribution is -0.128. The van der Waals surface area contributed by atoms with E-state index in [1.54, 1.807) is 18.3 Å². The number of benzene rings is 1. The minimum absolute atomic E-state index is 0.0909. The second kappa shape index (κ2) is 9.42. The standard InChI is InChI=1S/C21H27N3O5S/c1-15(14-24-11-3-4-21(24)26)12-22-19(25)9-10-20-23-13-18(29-20)16-5-7-17(8-6-16)30(2,27)28/h5-8,13,15H,3-4,9-12,14H2,1-2H3,(H,22,25)/t15-/m1/s1. The molecule has 8 nitrogen and oxygen atoms in total. The lowest BCUT2D eigenvalue weighted by Gasteiger charge is -2.20. The summed E-state index contributed by atoms with van der Waals surface area (Å²) < 4.78 is 28.8. The molecule has 1 aliphatic heterocycles. The highest BCUT2D eigenvalue weighted by Crippen LogP contribution is 2.22. The van der Waals surface area contributed by atoms with E-state index in [1.807, 2.05) is 11.8 Å². The summed E-state index contributed by atoms with van der Waals surface area (Å²) in [7, 11) is -3.25. The Hall–Kier alpha value is -2.68. The molecule has 2 heterocycles. The van der Waals surface area contributed by atoms with E-state index in [0.29, 0.717) is 37.6 Å². The molecule has 0 radical (unpaired) electrons. The van der Waals surface area contributed by atoms with Crippen molar-refractivity contribution in [2.75, 3.05) is 25.9 Å². The van der Waals surface area contributed by atoms with Gasteiger partial charge in [-0.05, 0) is 36.6 Å². The quantitative estimate of drug-likeness (QED) is 0.648. The van der Waals surface area contributed by atoms with E-state index in [4.69, 9.17) is 4.42 Å². The number of oxazole rings is 1. The molecule has 9 heteroatoms. The third-order valence-corrected chi connectivity index (χ3v) is 6.17. The van der Waals surface area contributed by atoms with Crippen LogP contribution in [0.4, 0.5) is 0 Å². The molecule has 1 atom stereocenters. The van der Waals surface area contributed by atoms with Gasteiger partial charge in [-0.25, -0.2) is 13.4 Å². The number of nitrogens with zero attached hydrogens (tertiary/aromatic N) is 2. The van der Waals surface area contributed by atoms with Crippen molar-refractivity contribution in [1.82, 2.24) is 15.2 Å². The molecule has 0 bridgehead atoms. The van der Waals surface area contributed by atoms with E-state index >= 15 is 0 Å². The monoisotopic (exact) mass is 433 g/mol. The maximum absolute atomic E-state index is 12.1. The third-order valence-electron chi connectivity index (χ3n) is 5.04. The van der Waals surface area contributed by atoms with Crippen molar-refractivity contribution in [1.29, 1.82) is 0 Å². The normalized spacial score (nSPS) is 15.4. The summed E-state index contributed by atoms with van der Waals surface area (Å²) in [5.41, 5.74) is 0.718. The fourth-order valence-electron chi connectivity index (χ4n) is 3.36. The Bertz CT molecular complexity index is 998. The minimum Gasteiger partial charge on any atom is -0.441 e. The molecule has 162 valence electrons. The van der Waals surface area contributed by atoms with Crippen molar-refractivity contribution in [3.8, 4) is 11.3 Å². The van der Waals surface area contributed by atoms with Crippen molar-refractivity contribution in [3.63, 3.8) is 0 Å². The third kappa shape index (κ3) is 5.91. The molecular formula is C21H27N3O5S. The number of aryl methyl sites for hydroxylation is 1. The van der Waals surface area contributed by atoms with E-state index in [1.165, 1.54) is 12.1 Å². The maximum atomic E-state index is 12.1. The number of amides is 2. The number of nitrogens with one attached hydrogen (secondary N) is 1. The number of aromatic nitrogens is 1. The minimum atomic E-state index is -3.25. The van der Waals surface area contributed by atoms with E-state index in [0.717, 1.165) is 24.8 Å². The van der Waals surface area contributed by atoms with Crippen molar-refractivity contribution in [2.24, 2.45) is 5.92 Å². The van der Waals surface area contributed by atoms with Crippen molar-refractivity contribution in [2.45, 2.75) is 37.5 Å². The second-order valence-corrected chi connectivity index (χ2v) is 9.78. The predicted molar refractivity (Wildman–Crippen MR) is 111 cm³/mol. The number of rotatable bonds is 9. The molecule has 1 saturated heterocycles. The van der Waals surface area contributed by atoms with Gasteiger partial charge in [0.05, 0.1) is 11.1 Å². The van der Waals surface area contributed by atoms with Crippen LogP contribution in [0.3, 0.4) is 0 Å². The van der Waals surface area contributed by atoms with Crippen LogP contribution >= 0.6 is 0 Å². The summed E-state index contributed by atoms with van der Waals surface area (Å²) in [6.07, 6.45) is 4.88. The average molecular weight is 434 g/mol. The molecule has 1 aliphatic rings. The lowest BCUT2D eigenvalue weighted by atomic mass is 10.1. The van der Waals surface area contributed by atoms with Gasteiger partial charge in [0.2, 0.25) is 11.8 Å². The summed E-state index contributed by atoms with van der Waals surface area (Å²) in [4.78, 5) is 30.1. The van der Waals surface area contributed by atoms with Crippen LogP contribution in [0.15, 0.2) is 39.8 Å². The molecule has 0 saturated carbocycles. The molecule has 1 aromatic heterocycles. The Morgan fingerprint density at radius 2 is 2.03 bits per heavy atom. The van der Waals surface area contributed by atoms with Gasteiger partial charge >= 0.3 is 0 Å². The first-order valence-corrected chi connectivity index (χ1v) is 11.9. The topological polar surface area (TPSA) is 110 Å². The number of carbonyl (C=O) groups is 2. The maximum Gasteiger partial charge on any atom is 0.222 e. The first-order chi connectivity index (χ1) is 14.2. The van der Waals surface area contributed by atoms with Gasteiger partial charge in [0, 0.05) is 50.7 Å². The van der Waals surface area contributed by atoms with Gasteiger partial charge in [-0.2, -0.15) is 0 Å². The first kappa shape index (κ1) is 22.0. The molecule has 0 unspecified atom stereocenters. The predicted octanol–water partition coefficient (Wildman–Crippen LogP) is 2.05. The fraction of sp³-hybridized carbons (Fsp3) is 0.476. The molecule has 2 amide bonds. The molecule has 30 heavy (non-hydrogen) atoms. The number of carbonyl (C=O) groups excluding carboxylic acids is 2. The smallest absolute Gasteiger partial charge is 0.222 e. The zero-order chi connectivity index (χ0) is 21.7. The Morgan fingerprint density at radius 3 is 2.67 bits per heavy atom. The van der Waals surface area contributed by atoms with Crippen LogP contribution in [0.1, 0.15) is 32.1 Å². The number of hydrogen-bond acceptors (Lipinski definition) is 6. The van der Waals surface area contributed by atoms with Gasteiger partial charge in [0.15, 0.2) is 21.5 Å². The number of hydrogen-bond donors (Lipinski definition) is 1. The summed E-state index contributed by atoms with van der Waals surface area (Å²) >= 11 is 0. The average Bonchev–Trinajstić information content (AvgIpc) is 3.33. The molecule has 1 fully saturated rings. The van der Waals surface area contributed by atoms with Crippen molar-refractivity contribution in [3.05, 3.63) is 36.4 Å². The highest BCUT2D eigenvalue weighted by Gasteiger charge is 2.21. The Morgan fingerprint density at radius 1 is 1.30 bits per heavy atom. The summed E-state index contributed by atoms with van der Waals surface area (Å²) in [5.74, 6) is 1.27. The first-order valence-electron chi connectivity index (χ1n) is 10.0. The van der Waals surface area contributed by atoms with Crippen LogP contribution in [-0.4, -0.2) is 56.0 Å². The highest BCUT2D eigenvalue weighted by atomic mass is 32.2. The molecule has 0 aliphatic carbocycles. The zero-order valence-electron chi connectivity index (χ0n) is 17.3. The van der Waals surface area contributed by atoms with E-state index < -0.39 is 9.84 Å². The van der Waals surface area contributed by atoms with E-state index in [-0.39, 0.29) is 29.0 Å². The zero-order valence-corrected chi connectivity index (χ0v) is 18.1. The van der Waals surface area contributed by atoms with Gasteiger partial charge < -0.3 is 14.6 Å². The number of sulfone groups is 1. The summed E-state index contributed by atoms with van der Waals surface area (Å²) in [6, 6.07) is 6.38. The van der Waals surface area contributed by atoms with Crippen LogP contribution in [-0.2, 0) is 25.8 Å². The second-order valence-electron chi connectivity index (χ2n) is 7.77. The van der Waals surface area contributed by atoms with Crippen molar-refractivity contribution < 1.29 is 22.4 Å². The Labute approximate surface area is 176 Å². The van der Waals surface area contributed by atoms with Crippen LogP contribution in [0, 0.1) is 5.92 Å². The van der Waals surface area contributed by atoms with Crippen LogP contribution in [0.25, 0.3) is 11.3 Å². The largest absolute Gasteiger partial charge is 0.441 e. The number of likely N-dealkylation sites (tertiary alicyclic amines) is 1. The van der Waals surface area contributed by atoms with Gasteiger partial charge in [0.1, 0.15) is 0 Å². The Kier molecular flexibility index (Phi) is 6.91. The van der Waals surface area contributed by atoms with Crippen LogP contribution < -0.4 is 5.32 Å². The van der Waals surface area contributed by atoms with Crippen LogP contribution in [0.2, 0.25) is 0 Å². The molecule has 0 spiro atoms. The lowest BCUT2D eigenvalue weighted by Crippen LogP contribution is -2.36. The molecule has 3 rings (SSSR count). The van der Waals surface area contributed by atoms with Crippen LogP contribution in [0.5, 0.6) is 0 Å². The SMILES string of the molecule is C[C@H](CNC(=O)CCc1ncc(-c2ccc(S(C)(=O)=O)cc2)o1)CN1CCCC1=O. The van der Waals surface area contributed by atoms with E-state index in [2.05, 4.69) is 10.3 Å². The summed E-state index contributed by atoms with van der Waals surface area (Å²) in [6.45, 7) is 4.01. The summed E-state index contributed by atoms with van der Waals surface area (Å²) in [5, 5.41) is 2.90. The highest BCUT2D eigenvalue weighted by molar-refractivity contribution is 7.90. The molecule has 2 aromatic rings. The fourth-order valence-corrected chi connectivity index (χ4v) is 3.99. The van der Waals surface area contributed by atoms with E-state index in [9.17, 15) is 18.0 Å². The molecule has 1 aromatic carbocycles. The Balaban J connectivity index is 1.44. The molecule has 1 N–H and O–H groups in total. The van der Waals surface area contributed by atoms with Gasteiger partial charge in [-0.3, -0.25) is 9.59 Å².